The zero-order valence-corrected chi connectivity index (χ0v) is 15.4. The molecule has 5 nitrogen and oxygen atoms in total. The minimum Gasteiger partial charge on any atom is -0.351 e. The van der Waals surface area contributed by atoms with E-state index < -0.39 is 18.8 Å². The number of nitrogens with zero attached hydrogens (tertiary/aromatic N) is 3. The average molecular weight is 439 g/mol. The monoisotopic (exact) mass is 438 g/mol. The number of nitrogens with two attached hydrogens (primary N) is 1. The zero-order valence-electron chi connectivity index (χ0n) is 13.8. The maximum atomic E-state index is 12.5. The van der Waals surface area contributed by atoms with Crippen LogP contribution in [0.25, 0.3) is 11.3 Å². The van der Waals surface area contributed by atoms with Gasteiger partial charge in [-0.05, 0) is 40.2 Å². The lowest BCUT2D eigenvalue weighted by molar-refractivity contribution is -0.142. The van der Waals surface area contributed by atoms with Crippen LogP contribution in [0.1, 0.15) is 0 Å². The van der Waals surface area contributed by atoms with E-state index in [-0.39, 0.29) is 0 Å². The van der Waals surface area contributed by atoms with Crippen LogP contribution >= 0.6 is 15.9 Å². The lowest BCUT2D eigenvalue weighted by Crippen LogP contribution is -2.31. The molecular formula is C18H14BrF3N4O. The molecule has 1 heterocycles. The van der Waals surface area contributed by atoms with Crippen molar-refractivity contribution in [3.05, 3.63) is 65.3 Å². The van der Waals surface area contributed by atoms with Crippen molar-refractivity contribution in [3.63, 3.8) is 0 Å². The molecule has 0 saturated carbocycles. The summed E-state index contributed by atoms with van der Waals surface area (Å²) in [5.41, 5.74) is 7.60. The number of benzene rings is 2. The Balaban J connectivity index is 1.90. The Morgan fingerprint density at radius 1 is 1.07 bits per heavy atom. The number of carbonyl (C=O) groups is 1. The van der Waals surface area contributed by atoms with Gasteiger partial charge in [-0.15, -0.1) is 0 Å². The van der Waals surface area contributed by atoms with Gasteiger partial charge in [-0.25, -0.2) is 4.79 Å². The van der Waals surface area contributed by atoms with Gasteiger partial charge in [0.05, 0.1) is 15.8 Å². The van der Waals surface area contributed by atoms with Crippen molar-refractivity contribution >= 4 is 33.3 Å². The van der Waals surface area contributed by atoms with Crippen molar-refractivity contribution in [1.82, 2.24) is 9.78 Å². The second-order valence-corrected chi connectivity index (χ2v) is 6.55. The van der Waals surface area contributed by atoms with Crippen LogP contribution in [0.4, 0.5) is 29.3 Å². The van der Waals surface area contributed by atoms with Gasteiger partial charge in [0.25, 0.3) is 0 Å². The number of urea groups is 1. The second-order valence-electron chi connectivity index (χ2n) is 5.69. The molecule has 2 N–H and O–H groups in total. The number of hydrogen-bond donors (Lipinski definition) is 1. The van der Waals surface area contributed by atoms with Crippen molar-refractivity contribution in [2.75, 3.05) is 4.90 Å². The molecule has 3 rings (SSSR count). The highest BCUT2D eigenvalue weighted by Gasteiger charge is 2.29. The maximum Gasteiger partial charge on any atom is 0.408 e. The molecule has 0 atom stereocenters. The molecule has 0 aliphatic carbocycles. The normalized spacial score (nSPS) is 11.4. The number of hydrogen-bond acceptors (Lipinski definition) is 2. The Kier molecular flexibility index (Phi) is 5.22. The van der Waals surface area contributed by atoms with Crippen molar-refractivity contribution in [3.8, 4) is 11.3 Å². The lowest BCUT2D eigenvalue weighted by Gasteiger charge is -2.20. The molecule has 3 aromatic rings. The predicted octanol–water partition coefficient (Wildman–Crippen LogP) is 5.09. The first-order chi connectivity index (χ1) is 12.7. The van der Waals surface area contributed by atoms with Crippen LogP contribution in [0.3, 0.4) is 0 Å². The molecule has 9 heteroatoms. The van der Waals surface area contributed by atoms with Crippen LogP contribution in [0, 0.1) is 0 Å². The smallest absolute Gasteiger partial charge is 0.351 e. The van der Waals surface area contributed by atoms with E-state index in [4.69, 9.17) is 5.73 Å². The Hall–Kier alpha value is -2.81. The van der Waals surface area contributed by atoms with Crippen LogP contribution in [0.15, 0.2) is 65.3 Å². The first-order valence-corrected chi connectivity index (χ1v) is 8.58. The molecule has 0 bridgehead atoms. The van der Waals surface area contributed by atoms with Gasteiger partial charge in [-0.3, -0.25) is 9.58 Å². The molecule has 0 spiro atoms. The van der Waals surface area contributed by atoms with Gasteiger partial charge in [0, 0.05) is 11.8 Å². The van der Waals surface area contributed by atoms with E-state index in [1.165, 1.54) is 11.1 Å². The summed E-state index contributed by atoms with van der Waals surface area (Å²) in [6.45, 7) is -1.17. The van der Waals surface area contributed by atoms with Gasteiger partial charge in [0.1, 0.15) is 12.2 Å². The zero-order chi connectivity index (χ0) is 19.6. The number of aromatic nitrogens is 2. The number of anilines is 2. The molecule has 2 amide bonds. The summed E-state index contributed by atoms with van der Waals surface area (Å²) >= 11 is 3.23. The van der Waals surface area contributed by atoms with E-state index in [2.05, 4.69) is 21.0 Å². The van der Waals surface area contributed by atoms with Gasteiger partial charge in [0.15, 0.2) is 0 Å². The third kappa shape index (κ3) is 4.48. The van der Waals surface area contributed by atoms with Crippen LogP contribution in [-0.2, 0) is 6.54 Å². The first kappa shape index (κ1) is 19.0. The highest BCUT2D eigenvalue weighted by atomic mass is 79.9. The molecule has 0 saturated heterocycles. The molecule has 140 valence electrons. The highest BCUT2D eigenvalue weighted by molar-refractivity contribution is 9.10. The van der Waals surface area contributed by atoms with Gasteiger partial charge in [0.2, 0.25) is 0 Å². The number of halogens is 4. The van der Waals surface area contributed by atoms with E-state index in [0.717, 1.165) is 4.68 Å². The fourth-order valence-electron chi connectivity index (χ4n) is 2.61. The van der Waals surface area contributed by atoms with E-state index in [0.29, 0.717) is 27.1 Å². The topological polar surface area (TPSA) is 64.2 Å². The Morgan fingerprint density at radius 3 is 2.22 bits per heavy atom. The van der Waals surface area contributed by atoms with Gasteiger partial charge < -0.3 is 5.73 Å². The largest absolute Gasteiger partial charge is 0.408 e. The summed E-state index contributed by atoms with van der Waals surface area (Å²) in [6, 6.07) is 14.9. The molecule has 2 aromatic carbocycles. The van der Waals surface area contributed by atoms with E-state index in [1.54, 1.807) is 48.5 Å². The molecular weight excluding hydrogens is 425 g/mol. The lowest BCUT2D eigenvalue weighted by atomic mass is 10.1. The summed E-state index contributed by atoms with van der Waals surface area (Å²) in [7, 11) is 0. The number of primary amides is 1. The minimum atomic E-state index is -4.36. The summed E-state index contributed by atoms with van der Waals surface area (Å²) < 4.78 is 38.9. The summed E-state index contributed by atoms with van der Waals surface area (Å²) in [4.78, 5) is 13.2. The number of para-hydroxylation sites is 1. The molecule has 0 fully saturated rings. The number of alkyl halides is 3. The Bertz CT molecular complexity index is 939. The Labute approximate surface area is 161 Å². The van der Waals surface area contributed by atoms with Crippen molar-refractivity contribution in [2.24, 2.45) is 5.73 Å². The minimum absolute atomic E-state index is 0.371. The molecule has 0 unspecified atom stereocenters. The summed E-state index contributed by atoms with van der Waals surface area (Å²) in [6.07, 6.45) is -3.08. The third-order valence-corrected chi connectivity index (χ3v) is 4.27. The van der Waals surface area contributed by atoms with Crippen LogP contribution in [0.2, 0.25) is 0 Å². The van der Waals surface area contributed by atoms with Crippen molar-refractivity contribution in [2.45, 2.75) is 12.7 Å². The fourth-order valence-corrected chi connectivity index (χ4v) is 3.15. The molecule has 0 aliphatic rings. The van der Waals surface area contributed by atoms with Gasteiger partial charge in [-0.1, -0.05) is 30.3 Å². The van der Waals surface area contributed by atoms with Crippen molar-refractivity contribution in [1.29, 1.82) is 0 Å². The van der Waals surface area contributed by atoms with E-state index in [1.807, 2.05) is 6.07 Å². The summed E-state index contributed by atoms with van der Waals surface area (Å²) in [5.74, 6) is 0. The van der Waals surface area contributed by atoms with Gasteiger partial charge in [-0.2, -0.15) is 18.3 Å². The standard InChI is InChI=1S/C18H14BrF3N4O/c19-15-10-25(11-18(20,21)22)24-16(15)12-6-8-14(9-7-12)26(17(23)27)13-4-2-1-3-5-13/h1-10H,11H2,(H2,23,27). The second kappa shape index (κ2) is 7.43. The molecule has 0 aliphatic heterocycles. The highest BCUT2D eigenvalue weighted by Crippen LogP contribution is 2.31. The SMILES string of the molecule is NC(=O)N(c1ccccc1)c1ccc(-c2nn(CC(F)(F)F)cc2Br)cc1. The van der Waals surface area contributed by atoms with Crippen LogP contribution in [-0.4, -0.2) is 22.0 Å². The Morgan fingerprint density at radius 2 is 1.67 bits per heavy atom. The fraction of sp³-hybridized carbons (Fsp3) is 0.111. The maximum absolute atomic E-state index is 12.5. The third-order valence-electron chi connectivity index (χ3n) is 3.69. The number of amides is 2. The van der Waals surface area contributed by atoms with Crippen LogP contribution in [0.5, 0.6) is 0 Å². The average Bonchev–Trinajstić information content (AvgIpc) is 2.94. The first-order valence-electron chi connectivity index (χ1n) is 7.79. The molecule has 27 heavy (non-hydrogen) atoms. The van der Waals surface area contributed by atoms with Crippen LogP contribution < -0.4 is 10.6 Å². The molecule has 0 radical (unpaired) electrons. The predicted molar refractivity (Wildman–Crippen MR) is 99.6 cm³/mol. The quantitative estimate of drug-likeness (QED) is 0.616. The van der Waals surface area contributed by atoms with E-state index in [9.17, 15) is 18.0 Å². The van der Waals surface area contributed by atoms with Crippen molar-refractivity contribution < 1.29 is 18.0 Å². The number of carbonyl (C=O) groups excluding carboxylic acids is 1. The molecule has 1 aromatic heterocycles. The number of rotatable bonds is 4. The van der Waals surface area contributed by atoms with Gasteiger partial charge >= 0.3 is 12.2 Å². The summed E-state index contributed by atoms with van der Waals surface area (Å²) in [5, 5.41) is 3.98. The van der Waals surface area contributed by atoms with E-state index >= 15 is 0 Å².